The molecule has 10 heteroatoms. The third kappa shape index (κ3) is 15.5. The molecule has 2 aliphatic rings. The monoisotopic (exact) mass is 965 g/mol. The summed E-state index contributed by atoms with van der Waals surface area (Å²) in [5, 5.41) is 17.8. The maximum atomic E-state index is 8.89. The van der Waals surface area contributed by atoms with Crippen LogP contribution in [0.25, 0.3) is 11.1 Å². The Labute approximate surface area is 428 Å². The smallest absolute Gasteiger partial charge is 0.199 e. The third-order valence-electron chi connectivity index (χ3n) is 12.3. The van der Waals surface area contributed by atoms with Crippen LogP contribution in [0.4, 0.5) is 22.7 Å². The first kappa shape index (κ1) is 55.0. The van der Waals surface area contributed by atoms with Crippen LogP contribution in [0.3, 0.4) is 0 Å². The van der Waals surface area contributed by atoms with Gasteiger partial charge in [0.1, 0.15) is 28.2 Å². The molecule has 72 heavy (non-hydrogen) atoms. The van der Waals surface area contributed by atoms with Crippen molar-refractivity contribution >= 4 is 57.3 Å². The van der Waals surface area contributed by atoms with Gasteiger partial charge in [-0.3, -0.25) is 0 Å². The van der Waals surface area contributed by atoms with Crippen LogP contribution < -0.4 is 29.8 Å². The van der Waals surface area contributed by atoms with E-state index in [1.54, 1.807) is 0 Å². The molecule has 5 aromatic rings. The molecule has 0 amide bonds. The zero-order valence-corrected chi connectivity index (χ0v) is 44.3. The number of allylic oxidation sites excluding steroid dienone is 10. The lowest BCUT2D eigenvalue weighted by molar-refractivity contribution is -0.462. The van der Waals surface area contributed by atoms with Crippen molar-refractivity contribution in [1.29, 1.82) is 0 Å². The lowest BCUT2D eigenvalue weighted by atomic mass is 9.90. The highest BCUT2D eigenvalue weighted by Crippen LogP contribution is 2.34. The van der Waals surface area contributed by atoms with Crippen molar-refractivity contribution in [2.75, 3.05) is 89.1 Å². The highest BCUT2D eigenvalue weighted by Gasteiger charge is 2.17. The van der Waals surface area contributed by atoms with E-state index in [0.717, 1.165) is 40.0 Å². The average Bonchev–Trinajstić information content (AvgIpc) is 3.36. The van der Waals surface area contributed by atoms with E-state index < -0.39 is 11.9 Å². The second kappa shape index (κ2) is 26.3. The second-order valence-corrected chi connectivity index (χ2v) is 18.4. The standard InChI is InChI=1S/C58H66N6.2C2H4O2/c1-11-63(55-37-25-49(26-38-55)57(45-17-29-51(30-18-45)59(3)4)46-19-31-52(32-20-46)60(5)6)41-43-13-15-44(16-14-43)42-64(12-2)56-39-27-50(28-40-56)58(47-21-33-53(34-22-47)61(7)8)48-23-35-54(36-24-48)62(9)10;2*1-2(3)4/h13-40H,11-12,41-42H2,1-10H3;2*1H3,(H,3,4)/q+2;;/p-2. The third-order valence-corrected chi connectivity index (χ3v) is 12.3. The number of rotatable bonds is 14. The van der Waals surface area contributed by atoms with E-state index in [1.165, 1.54) is 89.8 Å². The van der Waals surface area contributed by atoms with Gasteiger partial charge in [0.05, 0.1) is 0 Å². The van der Waals surface area contributed by atoms with Crippen molar-refractivity contribution in [1.82, 2.24) is 0 Å². The summed E-state index contributed by atoms with van der Waals surface area (Å²) in [6.45, 7) is 9.95. The molecule has 0 fully saturated rings. The first-order valence-electron chi connectivity index (χ1n) is 24.4. The minimum absolute atomic E-state index is 0.845. The van der Waals surface area contributed by atoms with Gasteiger partial charge in [0, 0.05) is 113 Å². The molecule has 0 saturated carbocycles. The number of hydrogen-bond acceptors (Lipinski definition) is 8. The van der Waals surface area contributed by atoms with Crippen LogP contribution in [0.15, 0.2) is 181 Å². The molecule has 0 saturated heterocycles. The molecular formula is C62H72N6O4. The number of carboxylic acids is 2. The number of benzene rings is 5. The molecule has 0 unspecified atom stereocenters. The van der Waals surface area contributed by atoms with Gasteiger partial charge in [-0.1, -0.05) is 72.8 Å². The minimum atomic E-state index is -1.08. The summed E-state index contributed by atoms with van der Waals surface area (Å²) in [5.74, 6) is -2.17. The summed E-state index contributed by atoms with van der Waals surface area (Å²) in [5.41, 5.74) is 19.5. The van der Waals surface area contributed by atoms with E-state index in [-0.39, 0.29) is 0 Å². The largest absolute Gasteiger partial charge is 0.550 e. The molecule has 0 atom stereocenters. The average molecular weight is 965 g/mol. The van der Waals surface area contributed by atoms with Crippen molar-refractivity contribution < 1.29 is 29.0 Å². The SMILES string of the molecule is CC(=O)[O-].CC(=O)[O-].CCN(Cc1ccc(CN(CC)c2ccc(C(=C3C=CC(=[N+](C)C)C=C3)c3ccc(N(C)C)cc3)cc2)cc1)c1ccc(C(=C2C=CC(=[N+](C)C)C=C2)c2ccc(N(C)C)cc2)cc1. The van der Waals surface area contributed by atoms with Gasteiger partial charge in [0.15, 0.2) is 11.4 Å². The fourth-order valence-corrected chi connectivity index (χ4v) is 8.34. The zero-order valence-electron chi connectivity index (χ0n) is 44.3. The van der Waals surface area contributed by atoms with Gasteiger partial charge in [-0.05, 0) is 156 Å². The van der Waals surface area contributed by atoms with Crippen LogP contribution in [0.5, 0.6) is 0 Å². The Morgan fingerprint density at radius 3 is 0.847 bits per heavy atom. The van der Waals surface area contributed by atoms with Gasteiger partial charge < -0.3 is 39.4 Å². The van der Waals surface area contributed by atoms with Crippen LogP contribution in [0.1, 0.15) is 61.1 Å². The van der Waals surface area contributed by atoms with E-state index in [2.05, 4.69) is 269 Å². The number of carbonyl (C=O) groups is 2. The minimum Gasteiger partial charge on any atom is -0.550 e. The van der Waals surface area contributed by atoms with Crippen LogP contribution in [-0.4, -0.2) is 102 Å². The Kier molecular flexibility index (Phi) is 20.1. The fourth-order valence-electron chi connectivity index (χ4n) is 8.34. The highest BCUT2D eigenvalue weighted by molar-refractivity contribution is 6.04. The van der Waals surface area contributed by atoms with Crippen LogP contribution in [-0.2, 0) is 22.7 Å². The Hall–Kier alpha value is -7.98. The van der Waals surface area contributed by atoms with Gasteiger partial charge in [-0.2, -0.15) is 0 Å². The molecule has 7 rings (SSSR count). The van der Waals surface area contributed by atoms with Gasteiger partial charge in [-0.25, -0.2) is 9.15 Å². The predicted molar refractivity (Wildman–Crippen MR) is 299 cm³/mol. The summed E-state index contributed by atoms with van der Waals surface area (Å²) in [6.07, 6.45) is 17.8. The van der Waals surface area contributed by atoms with Gasteiger partial charge >= 0.3 is 0 Å². The lowest BCUT2D eigenvalue weighted by Gasteiger charge is -2.25. The Bertz CT molecular complexity index is 2640. The van der Waals surface area contributed by atoms with Crippen LogP contribution in [0, 0.1) is 0 Å². The first-order valence-corrected chi connectivity index (χ1v) is 24.4. The molecule has 2 aliphatic carbocycles. The lowest BCUT2D eigenvalue weighted by Crippen LogP contribution is -2.23. The fraction of sp³-hybridized carbons (Fsp3) is 0.258. The molecule has 0 heterocycles. The van der Waals surface area contributed by atoms with E-state index in [1.807, 2.05) is 0 Å². The summed E-state index contributed by atoms with van der Waals surface area (Å²) in [4.78, 5) is 27.0. The quantitative estimate of drug-likeness (QED) is 0.102. The molecule has 0 N–H and O–H groups in total. The topological polar surface area (TPSA) is 99.2 Å². The zero-order chi connectivity index (χ0) is 52.5. The van der Waals surface area contributed by atoms with Crippen molar-refractivity contribution in [2.45, 2.75) is 40.8 Å². The van der Waals surface area contributed by atoms with Crippen LogP contribution in [0.2, 0.25) is 0 Å². The van der Waals surface area contributed by atoms with Crippen molar-refractivity contribution in [3.8, 4) is 0 Å². The van der Waals surface area contributed by atoms with Gasteiger partial charge in [0.2, 0.25) is 0 Å². The molecule has 0 radical (unpaired) electrons. The highest BCUT2D eigenvalue weighted by atomic mass is 16.4. The number of hydrogen-bond donors (Lipinski definition) is 0. The number of carbonyl (C=O) groups excluding carboxylic acids is 2. The number of anilines is 4. The molecule has 374 valence electrons. The summed E-state index contributed by atoms with van der Waals surface area (Å²) in [6, 6.07) is 45.2. The summed E-state index contributed by atoms with van der Waals surface area (Å²) in [7, 11) is 16.7. The number of carboxylic acid groups (broad SMARTS) is 2. The molecule has 10 nitrogen and oxygen atoms in total. The molecule has 5 aromatic carbocycles. The van der Waals surface area contributed by atoms with E-state index in [4.69, 9.17) is 19.8 Å². The molecule has 0 bridgehead atoms. The Morgan fingerprint density at radius 2 is 0.639 bits per heavy atom. The van der Waals surface area contributed by atoms with Crippen molar-refractivity contribution in [2.24, 2.45) is 0 Å². The van der Waals surface area contributed by atoms with Gasteiger partial charge in [0.25, 0.3) is 0 Å². The number of nitrogens with zero attached hydrogens (tertiary/aromatic N) is 6. The predicted octanol–water partition coefficient (Wildman–Crippen LogP) is 8.67. The summed E-state index contributed by atoms with van der Waals surface area (Å²) >= 11 is 0. The molecule has 0 aromatic heterocycles. The van der Waals surface area contributed by atoms with E-state index >= 15 is 0 Å². The molecule has 0 aliphatic heterocycles. The maximum Gasteiger partial charge on any atom is 0.199 e. The van der Waals surface area contributed by atoms with Crippen molar-refractivity contribution in [3.63, 3.8) is 0 Å². The summed E-state index contributed by atoms with van der Waals surface area (Å²) < 4.78 is 4.29. The molecule has 0 spiro atoms. The van der Waals surface area contributed by atoms with E-state index in [0.29, 0.717) is 0 Å². The maximum absolute atomic E-state index is 8.89. The van der Waals surface area contributed by atoms with Crippen molar-refractivity contribution in [3.05, 3.63) is 214 Å². The van der Waals surface area contributed by atoms with Crippen LogP contribution >= 0.6 is 0 Å². The molecular weight excluding hydrogens is 893 g/mol. The Balaban J connectivity index is 0.00000112. The normalized spacial score (nSPS) is 12.3. The number of aliphatic carboxylic acids is 2. The van der Waals surface area contributed by atoms with Gasteiger partial charge in [-0.15, -0.1) is 0 Å². The second-order valence-electron chi connectivity index (χ2n) is 18.4. The first-order chi connectivity index (χ1) is 34.4. The van der Waals surface area contributed by atoms with E-state index in [9.17, 15) is 0 Å². The Morgan fingerprint density at radius 1 is 0.403 bits per heavy atom.